The van der Waals surface area contributed by atoms with Crippen LogP contribution in [0.25, 0.3) is 0 Å². The number of nitrogens with one attached hydrogen (secondary N) is 1. The van der Waals surface area contributed by atoms with E-state index in [4.69, 9.17) is 0 Å². The first-order valence-corrected chi connectivity index (χ1v) is 5.25. The first-order valence-electron chi connectivity index (χ1n) is 5.25. The van der Waals surface area contributed by atoms with Crippen LogP contribution >= 0.6 is 0 Å². The van der Waals surface area contributed by atoms with Crippen LogP contribution in [0.1, 0.15) is 22.5 Å². The molecule has 1 aromatic heterocycles. The Morgan fingerprint density at radius 2 is 2.00 bits per heavy atom. The fraction of sp³-hybridized carbons (Fsp3) is 0.231. The van der Waals surface area contributed by atoms with Crippen molar-refractivity contribution in [2.75, 3.05) is 0 Å². The summed E-state index contributed by atoms with van der Waals surface area (Å²) in [7, 11) is 0. The van der Waals surface area contributed by atoms with Gasteiger partial charge in [0.1, 0.15) is 5.82 Å². The number of benzene rings is 1. The first kappa shape index (κ1) is 10.6. The van der Waals surface area contributed by atoms with Crippen LogP contribution < -0.4 is 5.56 Å². The maximum absolute atomic E-state index is 11.1. The van der Waals surface area contributed by atoms with Gasteiger partial charge in [0.05, 0.1) is 0 Å². The molecule has 0 amide bonds. The highest BCUT2D eigenvalue weighted by Gasteiger charge is 2.00. The maximum atomic E-state index is 11.1. The summed E-state index contributed by atoms with van der Waals surface area (Å²) in [5, 5.41) is 0. The molecule has 0 aliphatic rings. The number of H-pyrrole nitrogens is 1. The van der Waals surface area contributed by atoms with Crippen LogP contribution in [-0.2, 0) is 6.42 Å². The molecular weight excluding hydrogens is 200 g/mol. The fourth-order valence-electron chi connectivity index (χ4n) is 1.61. The monoisotopic (exact) mass is 214 g/mol. The molecule has 0 radical (unpaired) electrons. The predicted octanol–water partition coefficient (Wildman–Crippen LogP) is 1.98. The summed E-state index contributed by atoms with van der Waals surface area (Å²) < 4.78 is 0. The predicted molar refractivity (Wildman–Crippen MR) is 63.6 cm³/mol. The van der Waals surface area contributed by atoms with Gasteiger partial charge in [0.25, 0.3) is 5.56 Å². The molecule has 1 heterocycles. The van der Waals surface area contributed by atoms with E-state index in [1.165, 1.54) is 23.4 Å². The number of hydrogen-bond donors (Lipinski definition) is 1. The first-order chi connectivity index (χ1) is 7.65. The van der Waals surface area contributed by atoms with Crippen molar-refractivity contribution in [3.8, 4) is 0 Å². The largest absolute Gasteiger partial charge is 0.310 e. The van der Waals surface area contributed by atoms with Crippen LogP contribution in [0.15, 0.2) is 35.3 Å². The third-order valence-electron chi connectivity index (χ3n) is 2.67. The van der Waals surface area contributed by atoms with Crippen LogP contribution in [0.4, 0.5) is 0 Å². The van der Waals surface area contributed by atoms with E-state index < -0.39 is 0 Å². The summed E-state index contributed by atoms with van der Waals surface area (Å²) in [5.41, 5.74) is 3.60. The van der Waals surface area contributed by atoms with Crippen molar-refractivity contribution in [3.05, 3.63) is 63.3 Å². The Hall–Kier alpha value is -1.90. The lowest BCUT2D eigenvalue weighted by Crippen LogP contribution is -2.09. The van der Waals surface area contributed by atoms with E-state index in [-0.39, 0.29) is 5.56 Å². The van der Waals surface area contributed by atoms with Gasteiger partial charge < -0.3 is 4.98 Å². The number of aromatic amines is 1. The third kappa shape index (κ3) is 2.37. The summed E-state index contributed by atoms with van der Waals surface area (Å²) >= 11 is 0. The molecule has 2 aromatic rings. The summed E-state index contributed by atoms with van der Waals surface area (Å²) in [4.78, 5) is 18.0. The van der Waals surface area contributed by atoms with Gasteiger partial charge in [-0.15, -0.1) is 0 Å². The second-order valence-corrected chi connectivity index (χ2v) is 3.98. The van der Waals surface area contributed by atoms with E-state index in [1.54, 1.807) is 0 Å². The van der Waals surface area contributed by atoms with Gasteiger partial charge in [0.2, 0.25) is 0 Å². The molecule has 2 rings (SSSR count). The average Bonchev–Trinajstić information content (AvgIpc) is 2.24. The van der Waals surface area contributed by atoms with Gasteiger partial charge in [-0.1, -0.05) is 18.2 Å². The number of hydrogen-bond acceptors (Lipinski definition) is 2. The lowest BCUT2D eigenvalue weighted by atomic mass is 10.0. The van der Waals surface area contributed by atoms with Crippen molar-refractivity contribution in [2.24, 2.45) is 0 Å². The Balaban J connectivity index is 2.27. The van der Waals surface area contributed by atoms with Crippen LogP contribution in [0.3, 0.4) is 0 Å². The third-order valence-corrected chi connectivity index (χ3v) is 2.67. The van der Waals surface area contributed by atoms with Crippen molar-refractivity contribution in [2.45, 2.75) is 20.3 Å². The lowest BCUT2D eigenvalue weighted by Gasteiger charge is -2.04. The molecule has 0 saturated heterocycles. The van der Waals surface area contributed by atoms with Crippen molar-refractivity contribution in [3.63, 3.8) is 0 Å². The summed E-state index contributed by atoms with van der Waals surface area (Å²) in [6.07, 6.45) is 2.20. The van der Waals surface area contributed by atoms with Crippen molar-refractivity contribution >= 4 is 0 Å². The molecule has 0 bridgehead atoms. The Kier molecular flexibility index (Phi) is 2.86. The van der Waals surface area contributed by atoms with Gasteiger partial charge in [0.15, 0.2) is 0 Å². The second-order valence-electron chi connectivity index (χ2n) is 3.98. The van der Waals surface area contributed by atoms with Crippen molar-refractivity contribution in [1.29, 1.82) is 0 Å². The van der Waals surface area contributed by atoms with Gasteiger partial charge >= 0.3 is 0 Å². The Morgan fingerprint density at radius 1 is 1.19 bits per heavy atom. The number of aromatic nitrogens is 2. The minimum atomic E-state index is -0.103. The van der Waals surface area contributed by atoms with Gasteiger partial charge in [-0.25, -0.2) is 4.98 Å². The molecule has 0 saturated carbocycles. The minimum absolute atomic E-state index is 0.103. The SMILES string of the molecule is Cc1ccc(Cc2nccc(=O)[nH]2)cc1C. The van der Waals surface area contributed by atoms with Gasteiger partial charge in [-0.3, -0.25) is 4.79 Å². The highest BCUT2D eigenvalue weighted by Crippen LogP contribution is 2.11. The van der Waals surface area contributed by atoms with Crippen molar-refractivity contribution in [1.82, 2.24) is 9.97 Å². The standard InChI is InChI=1S/C13H14N2O/c1-9-3-4-11(7-10(9)2)8-12-14-6-5-13(16)15-12/h3-7H,8H2,1-2H3,(H,14,15,16). The van der Waals surface area contributed by atoms with E-state index in [9.17, 15) is 4.79 Å². The van der Waals surface area contributed by atoms with Gasteiger partial charge in [-0.05, 0) is 30.5 Å². The van der Waals surface area contributed by atoms with Crippen LogP contribution in [0, 0.1) is 13.8 Å². The second kappa shape index (κ2) is 4.31. The zero-order valence-electron chi connectivity index (χ0n) is 9.45. The summed E-state index contributed by atoms with van der Waals surface area (Å²) in [6, 6.07) is 7.70. The molecule has 1 N–H and O–H groups in total. The Bertz CT molecular complexity index is 558. The van der Waals surface area contributed by atoms with Gasteiger partial charge in [-0.2, -0.15) is 0 Å². The molecule has 0 atom stereocenters. The van der Waals surface area contributed by atoms with Crippen molar-refractivity contribution < 1.29 is 0 Å². The van der Waals surface area contributed by atoms with Gasteiger partial charge in [0, 0.05) is 18.7 Å². The number of rotatable bonds is 2. The van der Waals surface area contributed by atoms with Crippen LogP contribution in [0.5, 0.6) is 0 Å². The normalized spacial score (nSPS) is 10.4. The highest BCUT2D eigenvalue weighted by atomic mass is 16.1. The summed E-state index contributed by atoms with van der Waals surface area (Å²) in [6.45, 7) is 4.17. The molecule has 3 nitrogen and oxygen atoms in total. The minimum Gasteiger partial charge on any atom is -0.310 e. The molecule has 0 aliphatic heterocycles. The topological polar surface area (TPSA) is 45.8 Å². The maximum Gasteiger partial charge on any atom is 0.250 e. The van der Waals surface area contributed by atoms with E-state index >= 15 is 0 Å². The van der Waals surface area contributed by atoms with E-state index in [2.05, 4.69) is 42.0 Å². The molecular formula is C13H14N2O. The Morgan fingerprint density at radius 3 is 2.69 bits per heavy atom. The molecule has 16 heavy (non-hydrogen) atoms. The lowest BCUT2D eigenvalue weighted by molar-refractivity contribution is 0.944. The molecule has 0 aliphatic carbocycles. The van der Waals surface area contributed by atoms with E-state index in [0.717, 1.165) is 5.56 Å². The average molecular weight is 214 g/mol. The number of nitrogens with zero attached hydrogens (tertiary/aromatic N) is 1. The highest BCUT2D eigenvalue weighted by molar-refractivity contribution is 5.31. The molecule has 0 unspecified atom stereocenters. The molecule has 1 aromatic carbocycles. The quantitative estimate of drug-likeness (QED) is 0.830. The molecule has 0 fully saturated rings. The smallest absolute Gasteiger partial charge is 0.250 e. The van der Waals surface area contributed by atoms with Crippen LogP contribution in [-0.4, -0.2) is 9.97 Å². The van der Waals surface area contributed by atoms with Crippen LogP contribution in [0.2, 0.25) is 0 Å². The number of aryl methyl sites for hydroxylation is 2. The zero-order chi connectivity index (χ0) is 11.5. The van der Waals surface area contributed by atoms with E-state index in [0.29, 0.717) is 12.2 Å². The molecule has 0 spiro atoms. The van der Waals surface area contributed by atoms with E-state index in [1.807, 2.05) is 0 Å². The fourth-order valence-corrected chi connectivity index (χ4v) is 1.61. The summed E-state index contributed by atoms with van der Waals surface area (Å²) in [5.74, 6) is 0.704. The molecule has 3 heteroatoms. The molecule has 82 valence electrons. The zero-order valence-corrected chi connectivity index (χ0v) is 9.45. The Labute approximate surface area is 94.2 Å².